The van der Waals surface area contributed by atoms with Crippen LogP contribution in [0.15, 0.2) is 69.0 Å². The second kappa shape index (κ2) is 39.7. The Kier molecular flexibility index (Phi) is 34.1. The molecule has 12 rings (SSSR count). The number of likely N-dealkylation sites (tertiary alicyclic amines) is 2. The zero-order valence-electron chi connectivity index (χ0n) is 52.7. The maximum absolute atomic E-state index is 12.9. The summed E-state index contributed by atoms with van der Waals surface area (Å²) in [7, 11) is 0. The predicted molar refractivity (Wildman–Crippen MR) is 332 cm³/mol. The molecule has 2 saturated carbocycles. The molecule has 6 aliphatic rings. The number of hydrogen-bond donors (Lipinski definition) is 5. The van der Waals surface area contributed by atoms with Crippen molar-refractivity contribution >= 4 is 134 Å². The van der Waals surface area contributed by atoms with E-state index < -0.39 is 95.8 Å². The molecule has 6 amide bonds. The van der Waals surface area contributed by atoms with Gasteiger partial charge in [0.25, 0.3) is 40.9 Å². The van der Waals surface area contributed by atoms with Crippen LogP contribution in [0, 0.1) is 11.8 Å². The van der Waals surface area contributed by atoms with Crippen molar-refractivity contribution < 1.29 is 212 Å². The van der Waals surface area contributed by atoms with Gasteiger partial charge in [0.15, 0.2) is 19.5 Å². The molecule has 0 radical (unpaired) electrons. The van der Waals surface area contributed by atoms with Crippen LogP contribution in [0.4, 0.5) is 17.1 Å². The Bertz CT molecular complexity index is 3840. The van der Waals surface area contributed by atoms with Crippen molar-refractivity contribution in [1.29, 1.82) is 0 Å². The number of carbonyl (C=O) groups excluding carboxylic acids is 10. The van der Waals surface area contributed by atoms with Gasteiger partial charge in [-0.1, -0.05) is 78.6 Å². The molecule has 2 aliphatic carbocycles. The molecule has 6 aromatic rings. The first kappa shape index (κ1) is 82.6. The molecule has 34 nitrogen and oxygen atoms in total. The second-order valence-corrected chi connectivity index (χ2v) is 21.9. The number of ether oxygens (including phenoxy) is 3. The van der Waals surface area contributed by atoms with E-state index in [-0.39, 0.29) is 267 Å². The number of amides is 6. The number of carbonyl (C=O) groups is 10. The van der Waals surface area contributed by atoms with Crippen LogP contribution >= 0.6 is 24.0 Å². The van der Waals surface area contributed by atoms with Crippen LogP contribution < -0.4 is 188 Å². The zero-order valence-corrected chi connectivity index (χ0v) is 65.8. The number of nitrogen functional groups attached to an aromatic ring is 3. The normalized spacial score (nSPS) is 19.1. The van der Waals surface area contributed by atoms with Gasteiger partial charge in [-0.2, -0.15) is 14.0 Å². The second-order valence-electron chi connectivity index (χ2n) is 21.7. The van der Waals surface area contributed by atoms with Gasteiger partial charge in [-0.15, -0.1) is 27.7 Å². The Balaban J connectivity index is 0.000000340. The first-order valence-electron chi connectivity index (χ1n) is 29.2. The van der Waals surface area contributed by atoms with Gasteiger partial charge in [-0.05, 0) is 101 Å². The van der Waals surface area contributed by atoms with Crippen LogP contribution in [0.5, 0.6) is 0 Å². The average Bonchev–Trinajstić information content (AvgIpc) is 0.990. The summed E-state index contributed by atoms with van der Waals surface area (Å²) < 4.78 is 17.9. The van der Waals surface area contributed by atoms with E-state index in [9.17, 15) is 57.5 Å². The van der Waals surface area contributed by atoms with Crippen LogP contribution in [-0.2, 0) is 67.0 Å². The fourth-order valence-corrected chi connectivity index (χ4v) is 11.2. The molecule has 96 heavy (non-hydrogen) atoms. The molecule has 0 spiro atoms. The number of nitrogens with two attached hydrogens (primary N) is 3. The monoisotopic (exact) mass is 1610 g/mol. The number of aromatic nitrogens is 9. The summed E-state index contributed by atoms with van der Waals surface area (Å²) in [6, 6.07) is 11.2. The Hall–Kier alpha value is -5.83. The number of fused-ring (bicyclic) bond motifs is 3. The molecule has 4 aliphatic heterocycles. The minimum atomic E-state index is -1.03. The zero-order chi connectivity index (χ0) is 66.2. The number of benzene rings is 3. The number of hydrogen-bond acceptors (Lipinski definition) is 28. The van der Waals surface area contributed by atoms with Crippen LogP contribution in [0.25, 0.3) is 32.7 Å². The molecule has 4 saturated heterocycles. The van der Waals surface area contributed by atoms with Crippen LogP contribution in [0.2, 0.25) is 0 Å². The Morgan fingerprint density at radius 1 is 0.562 bits per heavy atom. The number of imide groups is 3. The maximum Gasteiger partial charge on any atom is 1.00 e. The van der Waals surface area contributed by atoms with E-state index in [0.717, 1.165) is 88.2 Å². The van der Waals surface area contributed by atoms with Gasteiger partial charge in [-0.25, -0.2) is 9.80 Å². The third kappa shape index (κ3) is 20.4. The van der Waals surface area contributed by atoms with Gasteiger partial charge in [0.2, 0.25) is 17.7 Å². The molecule has 506 valence electrons. The molecule has 0 bridgehead atoms. The average molecular weight is 1620 g/mol. The third-order valence-corrected chi connectivity index (χ3v) is 16.0. The molecule has 3 unspecified atom stereocenters. The van der Waals surface area contributed by atoms with Crippen molar-refractivity contribution in [2.24, 2.45) is 11.8 Å². The summed E-state index contributed by atoms with van der Waals surface area (Å²) >= 11 is 5.23. The van der Waals surface area contributed by atoms with Crippen molar-refractivity contribution in [3.63, 3.8) is 0 Å². The number of rotatable bonds is 12. The van der Waals surface area contributed by atoms with Gasteiger partial charge >= 0.3 is 156 Å². The van der Waals surface area contributed by atoms with Crippen LogP contribution in [0.1, 0.15) is 130 Å². The Morgan fingerprint density at radius 3 is 1.30 bits per heavy atom. The van der Waals surface area contributed by atoms with Crippen LogP contribution in [-0.4, -0.2) is 147 Å². The maximum atomic E-state index is 12.9. The number of halogens is 2. The molecule has 4 atom stereocenters. The smallest absolute Gasteiger partial charge is 1.00 e. The van der Waals surface area contributed by atoms with Crippen molar-refractivity contribution in [3.05, 3.63) is 85.7 Å². The van der Waals surface area contributed by atoms with Crippen LogP contribution in [0.3, 0.4) is 0 Å². The van der Waals surface area contributed by atoms with Crippen molar-refractivity contribution in [2.75, 3.05) is 43.3 Å². The number of anilines is 3. The molecule has 6 fully saturated rings. The van der Waals surface area contributed by atoms with Gasteiger partial charge in [0.05, 0.1) is 28.0 Å². The van der Waals surface area contributed by atoms with E-state index in [1.807, 2.05) is 0 Å². The number of esters is 3. The van der Waals surface area contributed by atoms with Crippen molar-refractivity contribution in [2.45, 2.75) is 134 Å². The largest absolute Gasteiger partial charge is 1.00 e. The SMILES string of the molecule is C.Cl.Nc1cccc2nnn(C3CCC(=O)N(COC(=O)C4CCCC4)C3=O)c(=O)c12.Nc1cccc2nnn(C3CCC(=O)N(COC(=O)[C@H]4CCCN4)C3=O)c(=O)c12.Nc1cccc2nnn(C3CCC(=O)NC3=O)c(=O)c12.O=C(OCCl)C1CCCC1.O=CO[O-].[Cs+].[Cs+].[H-]. The quantitative estimate of drug-likeness (QED) is 0.0112. The summed E-state index contributed by atoms with van der Waals surface area (Å²) in [4.78, 5) is 159. The van der Waals surface area contributed by atoms with E-state index in [4.69, 9.17) is 48.3 Å². The summed E-state index contributed by atoms with van der Waals surface area (Å²) in [6.07, 6.45) is 9.84. The molecule has 3 aromatic heterocycles. The summed E-state index contributed by atoms with van der Waals surface area (Å²) in [5.74, 6) is -4.22. The minimum absolute atomic E-state index is 0. The topological polar surface area (TPSA) is 483 Å². The summed E-state index contributed by atoms with van der Waals surface area (Å²) in [5, 5.41) is 37.5. The molecule has 38 heteroatoms. The number of alkyl halides is 1. The number of nitrogens with zero attached hydrogens (tertiary/aromatic N) is 11. The fourth-order valence-electron chi connectivity index (χ4n) is 11.1. The Morgan fingerprint density at radius 2 is 0.938 bits per heavy atom. The van der Waals surface area contributed by atoms with Gasteiger partial charge in [0.1, 0.15) is 40.7 Å². The third-order valence-electron chi connectivity index (χ3n) is 15.9. The van der Waals surface area contributed by atoms with E-state index in [0.29, 0.717) is 23.0 Å². The minimum Gasteiger partial charge on any atom is -1.00 e. The first-order chi connectivity index (χ1) is 44.3. The first-order valence-corrected chi connectivity index (χ1v) is 29.8. The van der Waals surface area contributed by atoms with Gasteiger partial charge in [0, 0.05) is 36.3 Å². The molecule has 8 N–H and O–H groups in total. The van der Waals surface area contributed by atoms with E-state index >= 15 is 0 Å². The predicted octanol–water partition coefficient (Wildman–Crippen LogP) is -5.05. The fraction of sp³-hybridized carbons (Fsp3) is 0.466. The Labute approximate surface area is 676 Å². The number of piperidine rings is 3. The molecule has 7 heterocycles. The van der Waals surface area contributed by atoms with E-state index in [2.05, 4.69) is 51.2 Å². The van der Waals surface area contributed by atoms with Gasteiger partial charge in [-0.3, -0.25) is 67.6 Å². The number of nitrogens with one attached hydrogen (secondary N) is 2. The molecular weight excluding hydrogens is 1550 g/mol. The van der Waals surface area contributed by atoms with Crippen molar-refractivity contribution in [1.82, 2.24) is 65.4 Å². The summed E-state index contributed by atoms with van der Waals surface area (Å²) in [5.41, 5.74) is 17.7. The van der Waals surface area contributed by atoms with E-state index in [1.54, 1.807) is 54.6 Å². The van der Waals surface area contributed by atoms with Gasteiger partial charge < -0.3 is 48.3 Å². The molecular formula is C58H70Cl2Cs2N16O18. The van der Waals surface area contributed by atoms with E-state index in [1.165, 1.54) is 0 Å². The molecule has 3 aromatic carbocycles. The standard InChI is InChI=1S/C19H21N5O5.C18H20N6O5.C12H11N5O3.C7H11ClO2.CH2O3.CH4.ClH.2Cs.H/c20-12-6-3-7-13-16(12)18(27)24(22-21-13)14-8-9-15(25)23(17(14)26)10-29-19(28)11-4-1-2-5-11;19-10-3-1-4-11-15(10)17(27)24(22-21-11)13-6-7-14(25)23(16(13)26)9-29-18(28)12-5-2-8-20-12;13-6-2-1-3-7-10(6)12(20)17(16-15-7)8-4-5-9(18)14-11(8)19;8-5-10-7(9)6-3-1-2-4-6;2-1-4-3;;;;;/h3,6-7,11,14H,1-2,4-5,8-10,20H2;1,3-4,12-13,20H,2,5-9,19H2;1-3,8H,4-5,13H2,(H,14,18,19);6H,1-5H2;1,3H;1H4;1H;;;/q;;;;;;;2*+1;-1/p-1/t;12-,13?;;;;;;;;/m.1......../s1. The summed E-state index contributed by atoms with van der Waals surface area (Å²) in [6.45, 7) is -0.416. The van der Waals surface area contributed by atoms with Crippen molar-refractivity contribution in [3.8, 4) is 0 Å².